The third-order valence-corrected chi connectivity index (χ3v) is 3.03. The van der Waals surface area contributed by atoms with Crippen LogP contribution in [0.4, 0.5) is 0 Å². The van der Waals surface area contributed by atoms with Gasteiger partial charge < -0.3 is 15.3 Å². The molecule has 0 bridgehead atoms. The van der Waals surface area contributed by atoms with Gasteiger partial charge >= 0.3 is 5.97 Å². The van der Waals surface area contributed by atoms with Crippen molar-refractivity contribution < 1.29 is 35.9 Å². The number of aliphatic hydroxyl groups excluding tert-OH is 1. The molecule has 5 nitrogen and oxygen atoms in total. The number of carboxylic acids is 1. The molecule has 1 aliphatic carbocycles. The van der Waals surface area contributed by atoms with E-state index < -0.39 is 60.6 Å². The van der Waals surface area contributed by atoms with E-state index in [9.17, 15) is 19.8 Å². The third kappa shape index (κ3) is 3.05. The van der Waals surface area contributed by atoms with Crippen LogP contribution in [0.15, 0.2) is 35.5 Å². The molecule has 0 fully saturated rings. The van der Waals surface area contributed by atoms with Crippen LogP contribution >= 0.6 is 0 Å². The van der Waals surface area contributed by atoms with Gasteiger partial charge in [-0.25, -0.2) is 4.79 Å². The Labute approximate surface area is 129 Å². The molecular weight excluding hydrogens is 260 g/mol. The van der Waals surface area contributed by atoms with Gasteiger partial charge in [0.25, 0.3) is 0 Å². The van der Waals surface area contributed by atoms with Gasteiger partial charge in [-0.1, -0.05) is 13.0 Å². The van der Waals surface area contributed by atoms with E-state index in [1.54, 1.807) is 0 Å². The van der Waals surface area contributed by atoms with Crippen LogP contribution in [-0.4, -0.2) is 39.3 Å². The number of rotatable bonds is 4. The van der Waals surface area contributed by atoms with Crippen molar-refractivity contribution in [2.24, 2.45) is 5.41 Å². The highest BCUT2D eigenvalue weighted by Crippen LogP contribution is 2.44. The highest BCUT2D eigenvalue weighted by molar-refractivity contribution is 5.93. The molecular formula is C15H20O5. The lowest BCUT2D eigenvalue weighted by atomic mass is 9.64. The minimum Gasteiger partial charge on any atom is -0.478 e. The number of aliphatic carboxylic acids is 1. The molecule has 0 heterocycles. The topological polar surface area (TPSA) is 94.8 Å². The number of hydrogen-bond acceptors (Lipinski definition) is 4. The molecule has 0 aromatic rings. The maximum atomic E-state index is 12.2. The average molecular weight is 288 g/mol. The smallest absolute Gasteiger partial charge is 0.328 e. The van der Waals surface area contributed by atoms with Crippen molar-refractivity contribution in [2.45, 2.75) is 32.6 Å². The number of aliphatic hydroxyl groups is 2. The van der Waals surface area contributed by atoms with Gasteiger partial charge in [0.2, 0.25) is 0 Å². The molecule has 0 spiro atoms. The Kier molecular flexibility index (Phi) is 2.26. The monoisotopic (exact) mass is 288 g/mol. The Morgan fingerprint density at radius 2 is 2.35 bits per heavy atom. The van der Waals surface area contributed by atoms with Crippen LogP contribution in [-0.2, 0) is 9.59 Å². The van der Waals surface area contributed by atoms with Crippen LogP contribution < -0.4 is 0 Å². The van der Waals surface area contributed by atoms with Gasteiger partial charge in [0.15, 0.2) is 5.78 Å². The van der Waals surface area contributed by atoms with E-state index in [-0.39, 0.29) is 0 Å². The van der Waals surface area contributed by atoms with Crippen molar-refractivity contribution >= 4 is 11.8 Å². The summed E-state index contributed by atoms with van der Waals surface area (Å²) >= 11 is 0. The molecule has 0 aromatic heterocycles. The Morgan fingerprint density at radius 3 is 2.85 bits per heavy atom. The number of allylic oxidation sites excluding steroid dienone is 3. The van der Waals surface area contributed by atoms with E-state index in [1.165, 1.54) is 0 Å². The minimum absolute atomic E-state index is 0.324. The lowest BCUT2D eigenvalue weighted by Crippen LogP contribution is -2.52. The Hall–Kier alpha value is -1.72. The third-order valence-electron chi connectivity index (χ3n) is 3.03. The molecule has 1 aliphatic rings. The highest BCUT2D eigenvalue weighted by atomic mass is 16.4. The number of carboxylic acid groups (broad SMARTS) is 1. The summed E-state index contributed by atoms with van der Waals surface area (Å²) in [6.45, 7) is -6.29. The molecule has 0 unspecified atom stereocenters. The zero-order chi connectivity index (χ0) is 22.3. The summed E-state index contributed by atoms with van der Waals surface area (Å²) in [5.41, 5.74) is -6.94. The minimum atomic E-state index is -3.10. The second-order valence-electron chi connectivity index (χ2n) is 4.58. The van der Waals surface area contributed by atoms with E-state index in [0.29, 0.717) is 24.3 Å². The van der Waals surface area contributed by atoms with Gasteiger partial charge in [0.1, 0.15) is 5.60 Å². The molecule has 0 aromatic carbocycles. The second-order valence-corrected chi connectivity index (χ2v) is 4.58. The van der Waals surface area contributed by atoms with Gasteiger partial charge in [-0.05, 0) is 37.0 Å². The van der Waals surface area contributed by atoms with Crippen LogP contribution in [0.1, 0.15) is 38.0 Å². The van der Waals surface area contributed by atoms with Crippen LogP contribution in [0.2, 0.25) is 0 Å². The molecule has 110 valence electrons. The standard InChI is InChI=1S/C15H20O5/c1-10(6-13(18)19)4-5-15(20)11(2)7-12(17)8-14(15,3)9-16/h4-7,16,20H,8-9H2,1-3H3,(H,18,19)/b5-4+,10-6-/t14-,15-/m1/s1/i1D3,2D3,8D2. The number of carbonyl (C=O) groups excluding carboxylic acids is 1. The predicted molar refractivity (Wildman–Crippen MR) is 74.1 cm³/mol. The molecule has 0 radical (unpaired) electrons. The van der Waals surface area contributed by atoms with Crippen molar-refractivity contribution in [1.82, 2.24) is 0 Å². The van der Waals surface area contributed by atoms with Crippen LogP contribution in [0.25, 0.3) is 0 Å². The van der Waals surface area contributed by atoms with Gasteiger partial charge in [0, 0.05) is 28.8 Å². The molecule has 3 N–H and O–H groups in total. The van der Waals surface area contributed by atoms with E-state index in [2.05, 4.69) is 0 Å². The van der Waals surface area contributed by atoms with E-state index in [0.717, 1.165) is 6.92 Å². The summed E-state index contributed by atoms with van der Waals surface area (Å²) in [4.78, 5) is 23.0. The summed E-state index contributed by atoms with van der Waals surface area (Å²) < 4.78 is 60.7. The summed E-state index contributed by atoms with van der Waals surface area (Å²) in [6, 6.07) is 0. The number of ketones is 1. The number of hydrogen-bond donors (Lipinski definition) is 3. The molecule has 1 rings (SSSR count). The summed E-state index contributed by atoms with van der Waals surface area (Å²) in [6.07, 6.45) is -0.964. The predicted octanol–water partition coefficient (Wildman–Crippen LogP) is 1.22. The van der Waals surface area contributed by atoms with Crippen molar-refractivity contribution in [2.75, 3.05) is 6.61 Å². The van der Waals surface area contributed by atoms with Crippen molar-refractivity contribution in [3.8, 4) is 0 Å². The molecule has 0 amide bonds. The first kappa shape index (κ1) is 7.90. The Morgan fingerprint density at radius 1 is 1.65 bits per heavy atom. The van der Waals surface area contributed by atoms with Gasteiger partial charge in [-0.3, -0.25) is 4.79 Å². The van der Waals surface area contributed by atoms with Crippen molar-refractivity contribution in [1.29, 1.82) is 0 Å². The zero-order valence-corrected chi connectivity index (χ0v) is 10.7. The molecule has 2 atom stereocenters. The SMILES string of the molecule is [2H]C([2H])([2H])C1=CC(=O)C([2H])([2H])[C@](C)(CO)[C@@]1(O)/C=C/C(=C\C(=O)O)C([2H])([2H])[2H]. The van der Waals surface area contributed by atoms with Crippen LogP contribution in [0.3, 0.4) is 0 Å². The second kappa shape index (κ2) is 5.73. The van der Waals surface area contributed by atoms with Gasteiger partial charge in [0.05, 0.1) is 6.61 Å². The van der Waals surface area contributed by atoms with E-state index in [1.807, 2.05) is 0 Å². The van der Waals surface area contributed by atoms with E-state index in [4.69, 9.17) is 16.1 Å². The van der Waals surface area contributed by atoms with E-state index >= 15 is 0 Å². The lowest BCUT2D eigenvalue weighted by Gasteiger charge is -2.45. The fourth-order valence-corrected chi connectivity index (χ4v) is 1.77. The number of carbonyl (C=O) groups is 2. The fraction of sp³-hybridized carbons (Fsp3) is 0.467. The first-order valence-corrected chi connectivity index (χ1v) is 5.59. The quantitative estimate of drug-likeness (QED) is 0.534. The molecule has 0 saturated carbocycles. The zero-order valence-electron chi connectivity index (χ0n) is 18.7. The lowest BCUT2D eigenvalue weighted by molar-refractivity contribution is -0.131. The molecule has 0 saturated heterocycles. The van der Waals surface area contributed by atoms with Gasteiger partial charge in [-0.15, -0.1) is 0 Å². The Balaban J connectivity index is 3.83. The molecule has 0 aliphatic heterocycles. The van der Waals surface area contributed by atoms with Crippen molar-refractivity contribution in [3.63, 3.8) is 0 Å². The normalized spacial score (nSPS) is 41.2. The first-order chi connectivity index (χ1) is 12.3. The summed E-state index contributed by atoms with van der Waals surface area (Å²) in [5, 5.41) is 29.8. The average Bonchev–Trinajstić information content (AvgIpc) is 2.51. The maximum Gasteiger partial charge on any atom is 0.328 e. The van der Waals surface area contributed by atoms with Crippen LogP contribution in [0.5, 0.6) is 0 Å². The highest BCUT2D eigenvalue weighted by Gasteiger charge is 2.49. The van der Waals surface area contributed by atoms with Crippen molar-refractivity contribution in [3.05, 3.63) is 35.5 Å². The molecule has 5 heteroatoms. The van der Waals surface area contributed by atoms with Crippen LogP contribution in [0, 0.1) is 5.41 Å². The largest absolute Gasteiger partial charge is 0.478 e. The fourth-order valence-electron chi connectivity index (χ4n) is 1.77. The summed E-state index contributed by atoms with van der Waals surface area (Å²) in [5.74, 6) is -2.90. The maximum absolute atomic E-state index is 12.2. The summed E-state index contributed by atoms with van der Waals surface area (Å²) in [7, 11) is 0. The first-order valence-electron chi connectivity index (χ1n) is 9.59. The van der Waals surface area contributed by atoms with Gasteiger partial charge in [-0.2, -0.15) is 0 Å². The molecule has 20 heavy (non-hydrogen) atoms. The Bertz CT molecular complexity index is 761.